The Hall–Kier alpha value is -0.990. The highest BCUT2D eigenvalue weighted by Crippen LogP contribution is 2.56. The highest BCUT2D eigenvalue weighted by molar-refractivity contribution is 5.80. The smallest absolute Gasteiger partial charge is 0.372 e. The largest absolute Gasteiger partial charge is 0.408 e. The molecule has 0 aliphatic carbocycles. The number of aliphatic hydroxyl groups is 1. The van der Waals surface area contributed by atoms with Crippen molar-refractivity contribution in [3.8, 4) is 0 Å². The van der Waals surface area contributed by atoms with Crippen LogP contribution in [0.3, 0.4) is 0 Å². The summed E-state index contributed by atoms with van der Waals surface area (Å²) in [6, 6.07) is 0. The lowest BCUT2D eigenvalue weighted by atomic mass is 9.83. The highest BCUT2D eigenvalue weighted by Gasteiger charge is 2.77. The van der Waals surface area contributed by atoms with Crippen molar-refractivity contribution in [2.75, 3.05) is 0 Å². The van der Waals surface area contributed by atoms with Crippen molar-refractivity contribution in [1.82, 2.24) is 5.32 Å². The van der Waals surface area contributed by atoms with Crippen LogP contribution >= 0.6 is 0 Å². The summed E-state index contributed by atoms with van der Waals surface area (Å²) in [7, 11) is 0. The summed E-state index contributed by atoms with van der Waals surface area (Å²) in [4.78, 5) is 10.5. The number of aliphatic hydroxyl groups excluding tert-OH is 1. The molecule has 1 amide bonds. The molecule has 15 heavy (non-hydrogen) atoms. The molecule has 1 fully saturated rings. The molecule has 1 rings (SSSR count). The zero-order valence-electron chi connectivity index (χ0n) is 6.91. The summed E-state index contributed by atoms with van der Waals surface area (Å²) < 4.78 is 73.6. The Morgan fingerprint density at radius 2 is 1.60 bits per heavy atom. The van der Waals surface area contributed by atoms with Gasteiger partial charge in [0.15, 0.2) is 6.23 Å². The third-order valence-corrected chi connectivity index (χ3v) is 2.22. The Kier molecular flexibility index (Phi) is 2.42. The average Bonchev–Trinajstić information content (AvgIpc) is 2.23. The van der Waals surface area contributed by atoms with Gasteiger partial charge in [-0.3, -0.25) is 4.79 Å². The maximum absolute atomic E-state index is 12.3. The molecule has 0 aromatic heterocycles. The summed E-state index contributed by atoms with van der Waals surface area (Å²) in [6.07, 6.45) is -16.3. The van der Waals surface area contributed by atoms with Crippen LogP contribution in [0, 0.1) is 5.41 Å². The van der Waals surface area contributed by atoms with E-state index in [1.54, 1.807) is 0 Å². The number of carbonyl (C=O) groups excluding carboxylic acids is 1. The molecule has 9 heteroatoms. The number of alkyl halides is 6. The molecule has 1 unspecified atom stereocenters. The van der Waals surface area contributed by atoms with E-state index in [9.17, 15) is 31.1 Å². The van der Waals surface area contributed by atoms with Gasteiger partial charge in [-0.2, -0.15) is 26.3 Å². The van der Waals surface area contributed by atoms with Gasteiger partial charge in [0.1, 0.15) is 0 Å². The SMILES string of the molecule is O=C1CC(C(F)(F)F)(C(F)(F)F)C(O)N1. The maximum atomic E-state index is 12.3. The fraction of sp³-hybridized carbons (Fsp3) is 0.833. The molecule has 1 atom stereocenters. The van der Waals surface area contributed by atoms with Crippen molar-refractivity contribution in [1.29, 1.82) is 0 Å². The topological polar surface area (TPSA) is 49.3 Å². The standard InChI is InChI=1S/C6H5F6NO2/c7-5(8,9)4(6(10,11)12)1-2(14)13-3(4)15/h3,15H,1H2,(H,13,14). The second kappa shape index (κ2) is 3.00. The summed E-state index contributed by atoms with van der Waals surface area (Å²) in [6.45, 7) is 0. The first-order valence-corrected chi connectivity index (χ1v) is 3.63. The van der Waals surface area contributed by atoms with E-state index in [4.69, 9.17) is 5.11 Å². The molecule has 0 aromatic carbocycles. The quantitative estimate of drug-likeness (QED) is 0.616. The molecule has 1 saturated heterocycles. The number of halogens is 6. The van der Waals surface area contributed by atoms with E-state index < -0.39 is 36.3 Å². The predicted octanol–water partition coefficient (Wildman–Crippen LogP) is 0.936. The second-order valence-corrected chi connectivity index (χ2v) is 3.11. The van der Waals surface area contributed by atoms with Gasteiger partial charge >= 0.3 is 12.4 Å². The number of nitrogens with one attached hydrogen (secondary N) is 1. The first kappa shape index (κ1) is 12.1. The molecule has 1 aliphatic rings. The number of carbonyl (C=O) groups is 1. The van der Waals surface area contributed by atoms with Crippen LogP contribution in [-0.2, 0) is 4.79 Å². The number of hydrogen-bond donors (Lipinski definition) is 2. The number of rotatable bonds is 0. The monoisotopic (exact) mass is 237 g/mol. The Morgan fingerprint density at radius 3 is 1.73 bits per heavy atom. The summed E-state index contributed by atoms with van der Waals surface area (Å²) >= 11 is 0. The van der Waals surface area contributed by atoms with E-state index in [1.807, 2.05) is 0 Å². The van der Waals surface area contributed by atoms with Crippen molar-refractivity contribution in [2.24, 2.45) is 5.41 Å². The van der Waals surface area contributed by atoms with Gasteiger partial charge in [0.2, 0.25) is 11.3 Å². The molecule has 2 N–H and O–H groups in total. The van der Waals surface area contributed by atoms with E-state index in [0.29, 0.717) is 0 Å². The summed E-state index contributed by atoms with van der Waals surface area (Å²) in [5, 5.41) is 9.91. The Balaban J connectivity index is 3.27. The zero-order chi connectivity index (χ0) is 12.1. The minimum absolute atomic E-state index is 1.20. The van der Waals surface area contributed by atoms with E-state index in [-0.39, 0.29) is 0 Å². The maximum Gasteiger partial charge on any atom is 0.408 e. The fourth-order valence-corrected chi connectivity index (χ4v) is 1.35. The van der Waals surface area contributed by atoms with Crippen molar-refractivity contribution in [3.05, 3.63) is 0 Å². The molecule has 0 spiro atoms. The highest BCUT2D eigenvalue weighted by atomic mass is 19.4. The lowest BCUT2D eigenvalue weighted by Gasteiger charge is -2.34. The molecular formula is C6H5F6NO2. The van der Waals surface area contributed by atoms with Crippen LogP contribution < -0.4 is 5.32 Å². The minimum atomic E-state index is -5.75. The van der Waals surface area contributed by atoms with E-state index in [2.05, 4.69) is 0 Å². The van der Waals surface area contributed by atoms with Gasteiger partial charge in [-0.15, -0.1) is 0 Å². The molecule has 0 bridgehead atoms. The van der Waals surface area contributed by atoms with Crippen molar-refractivity contribution in [2.45, 2.75) is 25.0 Å². The molecule has 0 saturated carbocycles. The van der Waals surface area contributed by atoms with Crippen LogP contribution in [0.1, 0.15) is 6.42 Å². The first-order chi connectivity index (χ1) is 6.52. The second-order valence-electron chi connectivity index (χ2n) is 3.11. The van der Waals surface area contributed by atoms with Crippen molar-refractivity contribution in [3.63, 3.8) is 0 Å². The van der Waals surface area contributed by atoms with Gasteiger partial charge < -0.3 is 10.4 Å². The number of hydrogen-bond acceptors (Lipinski definition) is 2. The lowest BCUT2D eigenvalue weighted by Crippen LogP contribution is -2.56. The molecule has 3 nitrogen and oxygen atoms in total. The Morgan fingerprint density at radius 1 is 1.20 bits per heavy atom. The van der Waals surface area contributed by atoms with Gasteiger partial charge in [0, 0.05) is 0 Å². The van der Waals surface area contributed by atoms with Crippen molar-refractivity contribution < 1.29 is 36.2 Å². The Labute approximate surface area is 79.1 Å². The summed E-state index contributed by atoms with van der Waals surface area (Å²) in [5.74, 6) is -1.49. The summed E-state index contributed by atoms with van der Waals surface area (Å²) in [5.41, 5.74) is -4.41. The third kappa shape index (κ3) is 1.54. The van der Waals surface area contributed by atoms with Crippen LogP contribution in [0.2, 0.25) is 0 Å². The van der Waals surface area contributed by atoms with E-state index >= 15 is 0 Å². The van der Waals surface area contributed by atoms with Gasteiger partial charge in [0.25, 0.3) is 0 Å². The van der Waals surface area contributed by atoms with Gasteiger partial charge in [0.05, 0.1) is 6.42 Å². The average molecular weight is 237 g/mol. The molecule has 1 heterocycles. The van der Waals surface area contributed by atoms with Crippen LogP contribution in [0.25, 0.3) is 0 Å². The van der Waals surface area contributed by atoms with Gasteiger partial charge in [-0.1, -0.05) is 0 Å². The van der Waals surface area contributed by atoms with E-state index in [1.165, 1.54) is 5.32 Å². The molecule has 1 aliphatic heterocycles. The van der Waals surface area contributed by atoms with Crippen LogP contribution in [0.4, 0.5) is 26.3 Å². The normalized spacial score (nSPS) is 26.6. The fourth-order valence-electron chi connectivity index (χ4n) is 1.35. The van der Waals surface area contributed by atoms with Gasteiger partial charge in [-0.25, -0.2) is 0 Å². The zero-order valence-corrected chi connectivity index (χ0v) is 6.91. The van der Waals surface area contributed by atoms with Crippen molar-refractivity contribution >= 4 is 5.91 Å². The Bertz CT molecular complexity index is 268. The molecule has 0 aromatic rings. The molecular weight excluding hydrogens is 232 g/mol. The number of amides is 1. The van der Waals surface area contributed by atoms with Gasteiger partial charge in [-0.05, 0) is 0 Å². The third-order valence-electron chi connectivity index (χ3n) is 2.22. The minimum Gasteiger partial charge on any atom is -0.372 e. The molecule has 0 radical (unpaired) electrons. The predicted molar refractivity (Wildman–Crippen MR) is 33.3 cm³/mol. The molecule has 88 valence electrons. The lowest BCUT2D eigenvalue weighted by molar-refractivity contribution is -0.359. The first-order valence-electron chi connectivity index (χ1n) is 3.63. The van der Waals surface area contributed by atoms with Crippen LogP contribution in [-0.4, -0.2) is 29.6 Å². The van der Waals surface area contributed by atoms with Crippen LogP contribution in [0.5, 0.6) is 0 Å². The van der Waals surface area contributed by atoms with Crippen LogP contribution in [0.15, 0.2) is 0 Å². The van der Waals surface area contributed by atoms with E-state index in [0.717, 1.165) is 0 Å².